The molecule has 0 unspecified atom stereocenters. The van der Waals surface area contributed by atoms with Gasteiger partial charge in [0.05, 0.1) is 16.6 Å². The highest BCUT2D eigenvalue weighted by atomic mass is 16.6. The van der Waals surface area contributed by atoms with Crippen LogP contribution < -0.4 is 20.8 Å². The molecule has 2 aromatic carbocycles. The third-order valence-corrected chi connectivity index (χ3v) is 7.59. The first kappa shape index (κ1) is 21.2. The van der Waals surface area contributed by atoms with Crippen molar-refractivity contribution in [2.45, 2.75) is 45.6 Å². The van der Waals surface area contributed by atoms with Crippen LogP contribution in [0.3, 0.4) is 0 Å². The molecule has 0 fully saturated rings. The smallest absolute Gasteiger partial charge is 0.300 e. The average Bonchev–Trinajstić information content (AvgIpc) is 3.05. The number of hydrogen-bond acceptors (Lipinski definition) is 6. The van der Waals surface area contributed by atoms with Crippen molar-refractivity contribution in [3.05, 3.63) is 85.9 Å². The summed E-state index contributed by atoms with van der Waals surface area (Å²) in [5, 5.41) is 10.7. The van der Waals surface area contributed by atoms with Crippen molar-refractivity contribution in [1.29, 1.82) is 5.26 Å². The van der Waals surface area contributed by atoms with Gasteiger partial charge in [0.2, 0.25) is 17.2 Å². The molecule has 7 heteroatoms. The number of aryl methyl sites for hydroxylation is 1. The predicted octanol–water partition coefficient (Wildman–Crippen LogP) is 4.32. The second-order valence-corrected chi connectivity index (χ2v) is 10.0. The molecular weight excluding hydrogens is 442 g/mol. The summed E-state index contributed by atoms with van der Waals surface area (Å²) >= 11 is 0. The summed E-state index contributed by atoms with van der Waals surface area (Å²) in [6.45, 7) is 9.76. The van der Waals surface area contributed by atoms with E-state index in [1.807, 2.05) is 40.7 Å². The van der Waals surface area contributed by atoms with Gasteiger partial charge in [-0.25, -0.2) is 0 Å². The van der Waals surface area contributed by atoms with Gasteiger partial charge in [0.15, 0.2) is 5.41 Å². The van der Waals surface area contributed by atoms with E-state index in [-0.39, 0.29) is 23.0 Å². The van der Waals surface area contributed by atoms with Gasteiger partial charge in [-0.05, 0) is 69.5 Å². The van der Waals surface area contributed by atoms with Gasteiger partial charge in [-0.3, -0.25) is 9.59 Å². The van der Waals surface area contributed by atoms with E-state index >= 15 is 0 Å². The van der Waals surface area contributed by atoms with Gasteiger partial charge in [0, 0.05) is 11.1 Å². The molecule has 3 aromatic rings. The summed E-state index contributed by atoms with van der Waals surface area (Å²) < 4.78 is 11.7. The molecule has 1 atom stereocenters. The second kappa shape index (κ2) is 6.42. The number of amides is 1. The van der Waals surface area contributed by atoms with E-state index in [1.54, 1.807) is 29.2 Å². The zero-order valence-corrected chi connectivity index (χ0v) is 20.1. The molecule has 3 aliphatic heterocycles. The summed E-state index contributed by atoms with van der Waals surface area (Å²) in [4.78, 5) is 30.5. The Bertz CT molecular complexity index is 1700. The minimum atomic E-state index is -1.78. The number of hydrogen-bond donors (Lipinski definition) is 1. The van der Waals surface area contributed by atoms with Crippen LogP contribution in [0.1, 0.15) is 48.6 Å². The molecule has 4 heterocycles. The maximum absolute atomic E-state index is 14.7. The summed E-state index contributed by atoms with van der Waals surface area (Å²) in [7, 11) is 0. The molecule has 0 radical (unpaired) electrons. The van der Waals surface area contributed by atoms with E-state index in [2.05, 4.69) is 12.1 Å². The number of nitrogens with two attached hydrogens (primary N) is 1. The maximum Gasteiger partial charge on any atom is 0.300 e. The van der Waals surface area contributed by atoms with Crippen molar-refractivity contribution in [2.24, 2.45) is 5.73 Å². The molecule has 1 spiro atoms. The fourth-order valence-corrected chi connectivity index (χ4v) is 6.07. The van der Waals surface area contributed by atoms with Crippen molar-refractivity contribution in [3.8, 4) is 12.0 Å². The van der Waals surface area contributed by atoms with E-state index in [0.717, 1.165) is 22.3 Å². The van der Waals surface area contributed by atoms with Gasteiger partial charge >= 0.3 is 5.95 Å². The van der Waals surface area contributed by atoms with Crippen LogP contribution in [0.5, 0.6) is 5.95 Å². The lowest BCUT2D eigenvalue weighted by Crippen LogP contribution is -2.54. The Labute approximate surface area is 201 Å². The third kappa shape index (κ3) is 2.29. The largest absolute Gasteiger partial charge is 0.425 e. The summed E-state index contributed by atoms with van der Waals surface area (Å²) in [6.07, 6.45) is 2.03. The molecule has 0 aliphatic carbocycles. The van der Waals surface area contributed by atoms with E-state index in [4.69, 9.17) is 14.9 Å². The monoisotopic (exact) mass is 465 g/mol. The van der Waals surface area contributed by atoms with E-state index in [1.165, 1.54) is 0 Å². The van der Waals surface area contributed by atoms with Gasteiger partial charge in [-0.2, -0.15) is 5.26 Å². The molecule has 174 valence electrons. The Balaban J connectivity index is 1.89. The molecule has 0 saturated heterocycles. The van der Waals surface area contributed by atoms with Crippen LogP contribution >= 0.6 is 0 Å². The Morgan fingerprint density at radius 3 is 2.51 bits per heavy atom. The van der Waals surface area contributed by atoms with Crippen molar-refractivity contribution in [3.63, 3.8) is 0 Å². The number of carbonyl (C=O) groups is 1. The molecule has 2 N–H and O–H groups in total. The standard InChI is InChI=1S/C28H23N3O4/c1-13-10-17-14(2)11-27(4,5)31-22(17)20(15(13)3)28(26(31)33)18(12-29)24(30)35-25-21(28)23(32)16-8-6-7-9-19(16)34-25/h6-11H,30H2,1-5H3/t28-/m1/s1. The number of nitrogens with zero attached hydrogens (tertiary/aromatic N) is 2. The molecule has 3 aliphatic rings. The zero-order valence-electron chi connectivity index (χ0n) is 20.1. The number of allylic oxidation sites excluding steroid dienone is 1. The Hall–Kier alpha value is -4.31. The van der Waals surface area contributed by atoms with Gasteiger partial charge in [0.1, 0.15) is 22.8 Å². The van der Waals surface area contributed by atoms with Crippen molar-refractivity contribution < 1.29 is 13.9 Å². The SMILES string of the molecule is CC1=CC(C)(C)N2C(=O)[C@]3(C(C#N)=C(N)Oc4oc5ccccc5c(=O)c43)c3c(C)c(C)cc1c32. The molecule has 7 nitrogen and oxygen atoms in total. The molecule has 0 saturated carbocycles. The Kier molecular flexibility index (Phi) is 3.90. The number of fused-ring (bicyclic) bond motifs is 4. The number of carbonyl (C=O) groups excluding carboxylic acids is 1. The van der Waals surface area contributed by atoms with Crippen molar-refractivity contribution >= 4 is 28.1 Å². The lowest BCUT2D eigenvalue weighted by atomic mass is 9.67. The Morgan fingerprint density at radius 2 is 1.80 bits per heavy atom. The van der Waals surface area contributed by atoms with Crippen LogP contribution in [0.4, 0.5) is 5.69 Å². The summed E-state index contributed by atoms with van der Waals surface area (Å²) in [5.74, 6) is -0.817. The molecular formula is C28H23N3O4. The highest BCUT2D eigenvalue weighted by Crippen LogP contribution is 2.60. The number of nitriles is 1. The van der Waals surface area contributed by atoms with Gasteiger partial charge in [-0.15, -0.1) is 0 Å². The number of anilines is 1. The number of para-hydroxylation sites is 1. The highest BCUT2D eigenvalue weighted by Gasteiger charge is 2.65. The first-order valence-electron chi connectivity index (χ1n) is 11.4. The number of rotatable bonds is 0. The lowest BCUT2D eigenvalue weighted by Gasteiger charge is -2.40. The molecule has 35 heavy (non-hydrogen) atoms. The second-order valence-electron chi connectivity index (χ2n) is 10.0. The Morgan fingerprint density at radius 1 is 1.09 bits per heavy atom. The first-order chi connectivity index (χ1) is 16.6. The van der Waals surface area contributed by atoms with Crippen LogP contribution in [0.25, 0.3) is 16.5 Å². The number of benzene rings is 2. The molecule has 1 aromatic heterocycles. The highest BCUT2D eigenvalue weighted by molar-refractivity contribution is 6.18. The number of ether oxygens (including phenoxy) is 1. The van der Waals surface area contributed by atoms with Crippen molar-refractivity contribution in [2.75, 3.05) is 4.90 Å². The van der Waals surface area contributed by atoms with Crippen LogP contribution in [-0.2, 0) is 10.2 Å². The molecule has 0 bridgehead atoms. The quantitative estimate of drug-likeness (QED) is 0.529. The van der Waals surface area contributed by atoms with Crippen LogP contribution in [-0.4, -0.2) is 11.4 Å². The van der Waals surface area contributed by atoms with E-state index < -0.39 is 22.3 Å². The minimum absolute atomic E-state index is 0.00861. The fraction of sp³-hybridized carbons (Fsp3) is 0.250. The third-order valence-electron chi connectivity index (χ3n) is 7.59. The van der Waals surface area contributed by atoms with Crippen molar-refractivity contribution in [1.82, 2.24) is 0 Å². The van der Waals surface area contributed by atoms with Crippen LogP contribution in [0.2, 0.25) is 0 Å². The topological polar surface area (TPSA) is 110 Å². The predicted molar refractivity (Wildman–Crippen MR) is 132 cm³/mol. The van der Waals surface area contributed by atoms with E-state index in [0.29, 0.717) is 22.2 Å². The minimum Gasteiger partial charge on any atom is -0.425 e. The van der Waals surface area contributed by atoms with Gasteiger partial charge < -0.3 is 19.8 Å². The molecule has 1 amide bonds. The van der Waals surface area contributed by atoms with Gasteiger partial charge in [-0.1, -0.05) is 18.2 Å². The van der Waals surface area contributed by atoms with E-state index in [9.17, 15) is 14.9 Å². The van der Waals surface area contributed by atoms with Gasteiger partial charge in [0.25, 0.3) is 0 Å². The summed E-state index contributed by atoms with van der Waals surface area (Å²) in [5.41, 5.74) is 8.51. The lowest BCUT2D eigenvalue weighted by molar-refractivity contribution is -0.121. The normalized spacial score (nSPS) is 21.5. The van der Waals surface area contributed by atoms with Crippen LogP contribution in [0.15, 0.2) is 57.1 Å². The maximum atomic E-state index is 14.7. The molecule has 6 rings (SSSR count). The average molecular weight is 466 g/mol. The summed E-state index contributed by atoms with van der Waals surface area (Å²) in [6, 6.07) is 10.9. The fourth-order valence-electron chi connectivity index (χ4n) is 6.07. The van der Waals surface area contributed by atoms with Crippen LogP contribution in [0, 0.1) is 25.2 Å². The zero-order chi connectivity index (χ0) is 25.0. The first-order valence-corrected chi connectivity index (χ1v) is 11.4.